The van der Waals surface area contributed by atoms with Gasteiger partial charge in [0.05, 0.1) is 10.8 Å². The van der Waals surface area contributed by atoms with Gasteiger partial charge < -0.3 is 5.32 Å². The highest BCUT2D eigenvalue weighted by molar-refractivity contribution is 8.00. The first-order chi connectivity index (χ1) is 8.58. The normalized spacial score (nSPS) is 14.8. The Labute approximate surface area is 119 Å². The topological polar surface area (TPSA) is 49.4 Å². The number of thioether (sulfide) groups is 1. The zero-order valence-electron chi connectivity index (χ0n) is 9.28. The van der Waals surface area contributed by atoms with Gasteiger partial charge in [0, 0.05) is 23.0 Å². The van der Waals surface area contributed by atoms with E-state index >= 15 is 0 Å². The maximum absolute atomic E-state index is 11.8. The largest absolute Gasteiger partial charge is 0.336 e. The minimum atomic E-state index is -0.335. The van der Waals surface area contributed by atoms with E-state index in [0.29, 0.717) is 23.1 Å². The molecule has 0 aromatic heterocycles. The smallest absolute Gasteiger partial charge is 0.324 e. The van der Waals surface area contributed by atoms with Crippen LogP contribution in [-0.2, 0) is 4.79 Å². The molecule has 18 heavy (non-hydrogen) atoms. The third-order valence-corrected chi connectivity index (χ3v) is 4.12. The molecule has 1 aromatic carbocycles. The van der Waals surface area contributed by atoms with E-state index in [4.69, 9.17) is 23.2 Å². The van der Waals surface area contributed by atoms with Crippen LogP contribution in [0.5, 0.6) is 0 Å². The minimum absolute atomic E-state index is 0.160. The van der Waals surface area contributed by atoms with Crippen molar-refractivity contribution in [3.05, 3.63) is 28.2 Å². The van der Waals surface area contributed by atoms with E-state index in [1.807, 2.05) is 0 Å². The van der Waals surface area contributed by atoms with Crippen molar-refractivity contribution >= 4 is 46.9 Å². The first-order valence-electron chi connectivity index (χ1n) is 5.24. The lowest BCUT2D eigenvalue weighted by atomic mass is 10.4. The number of imide groups is 1. The average molecular weight is 305 g/mol. The number of halogens is 2. The Morgan fingerprint density at radius 2 is 2.22 bits per heavy atom. The first-order valence-corrected chi connectivity index (χ1v) is 6.98. The van der Waals surface area contributed by atoms with Crippen molar-refractivity contribution in [2.75, 3.05) is 18.8 Å². The Balaban J connectivity index is 1.97. The number of carbonyl (C=O) groups excluding carboxylic acids is 2. The Bertz CT molecular complexity index is 496. The van der Waals surface area contributed by atoms with Gasteiger partial charge in [0.25, 0.3) is 0 Å². The predicted molar refractivity (Wildman–Crippen MR) is 72.3 cm³/mol. The maximum Gasteiger partial charge on any atom is 0.324 e. The summed E-state index contributed by atoms with van der Waals surface area (Å²) in [4.78, 5) is 25.0. The maximum atomic E-state index is 11.8. The number of amides is 3. The van der Waals surface area contributed by atoms with Crippen LogP contribution >= 0.6 is 35.0 Å². The number of benzene rings is 1. The molecule has 0 atom stereocenters. The Morgan fingerprint density at radius 3 is 2.89 bits per heavy atom. The van der Waals surface area contributed by atoms with E-state index in [9.17, 15) is 9.59 Å². The standard InChI is InChI=1S/C11H10Cl2N2O2S/c12-7-1-2-8(13)9(5-7)18-6-10(16)15-4-3-14-11(15)17/h1-2,5H,3-4,6H2,(H,14,17). The average Bonchev–Trinajstić information content (AvgIpc) is 2.76. The van der Waals surface area contributed by atoms with Crippen molar-refractivity contribution in [3.63, 3.8) is 0 Å². The van der Waals surface area contributed by atoms with Crippen LogP contribution in [0.3, 0.4) is 0 Å². The molecule has 0 unspecified atom stereocenters. The van der Waals surface area contributed by atoms with Crippen LogP contribution in [0.25, 0.3) is 0 Å². The number of hydrogen-bond donors (Lipinski definition) is 1. The number of hydrogen-bond acceptors (Lipinski definition) is 3. The fourth-order valence-electron chi connectivity index (χ4n) is 1.51. The zero-order valence-corrected chi connectivity index (χ0v) is 11.6. The summed E-state index contributed by atoms with van der Waals surface area (Å²) < 4.78 is 0. The molecule has 1 aliphatic heterocycles. The number of rotatable bonds is 3. The van der Waals surface area contributed by atoms with Crippen LogP contribution in [0.15, 0.2) is 23.1 Å². The lowest BCUT2D eigenvalue weighted by Gasteiger charge is -2.12. The molecule has 0 spiro atoms. The fourth-order valence-corrected chi connectivity index (χ4v) is 2.88. The highest BCUT2D eigenvalue weighted by Crippen LogP contribution is 2.30. The van der Waals surface area contributed by atoms with E-state index < -0.39 is 0 Å². The molecule has 4 nitrogen and oxygen atoms in total. The lowest BCUT2D eigenvalue weighted by molar-refractivity contribution is -0.124. The second-order valence-electron chi connectivity index (χ2n) is 3.64. The molecule has 1 saturated heterocycles. The first kappa shape index (κ1) is 13.5. The number of nitrogens with zero attached hydrogens (tertiary/aromatic N) is 1. The zero-order chi connectivity index (χ0) is 13.1. The summed E-state index contributed by atoms with van der Waals surface area (Å²) in [6.45, 7) is 0.925. The van der Waals surface area contributed by atoms with Crippen molar-refractivity contribution in [3.8, 4) is 0 Å². The summed E-state index contributed by atoms with van der Waals surface area (Å²) in [6.07, 6.45) is 0. The van der Waals surface area contributed by atoms with Gasteiger partial charge in [0.1, 0.15) is 0 Å². The van der Waals surface area contributed by atoms with E-state index in [1.165, 1.54) is 16.7 Å². The molecule has 0 bridgehead atoms. The van der Waals surface area contributed by atoms with Crippen molar-refractivity contribution in [1.29, 1.82) is 0 Å². The molecule has 0 saturated carbocycles. The third kappa shape index (κ3) is 3.10. The van der Waals surface area contributed by atoms with E-state index in [0.717, 1.165) is 4.90 Å². The summed E-state index contributed by atoms with van der Waals surface area (Å²) >= 11 is 13.1. The summed E-state index contributed by atoms with van der Waals surface area (Å²) in [7, 11) is 0. The van der Waals surface area contributed by atoms with Crippen molar-refractivity contribution < 1.29 is 9.59 Å². The van der Waals surface area contributed by atoms with Gasteiger partial charge in [-0.2, -0.15) is 0 Å². The van der Waals surface area contributed by atoms with Gasteiger partial charge in [-0.05, 0) is 18.2 Å². The van der Waals surface area contributed by atoms with E-state index in [1.54, 1.807) is 18.2 Å². The SMILES string of the molecule is O=C(CSc1cc(Cl)ccc1Cl)N1CCNC1=O. The fraction of sp³-hybridized carbons (Fsp3) is 0.273. The number of carbonyl (C=O) groups is 2. The molecular formula is C11H10Cl2N2O2S. The number of urea groups is 1. The highest BCUT2D eigenvalue weighted by atomic mass is 35.5. The molecule has 1 fully saturated rings. The van der Waals surface area contributed by atoms with Gasteiger partial charge in [-0.1, -0.05) is 23.2 Å². The van der Waals surface area contributed by atoms with E-state index in [2.05, 4.69) is 5.32 Å². The monoisotopic (exact) mass is 304 g/mol. The molecule has 1 heterocycles. The lowest BCUT2D eigenvalue weighted by Crippen LogP contribution is -2.35. The van der Waals surface area contributed by atoms with Crippen molar-refractivity contribution in [2.24, 2.45) is 0 Å². The molecule has 0 radical (unpaired) electrons. The third-order valence-electron chi connectivity index (χ3n) is 2.40. The summed E-state index contributed by atoms with van der Waals surface area (Å²) in [5, 5.41) is 3.69. The molecule has 1 aromatic rings. The van der Waals surface area contributed by atoms with Crippen LogP contribution in [-0.4, -0.2) is 35.7 Å². The Morgan fingerprint density at radius 1 is 1.44 bits per heavy atom. The second-order valence-corrected chi connectivity index (χ2v) is 5.50. The van der Waals surface area contributed by atoms with Gasteiger partial charge in [0.15, 0.2) is 0 Å². The highest BCUT2D eigenvalue weighted by Gasteiger charge is 2.25. The van der Waals surface area contributed by atoms with Gasteiger partial charge in [-0.3, -0.25) is 9.69 Å². The Hall–Kier alpha value is -0.910. The molecule has 3 amide bonds. The molecule has 96 valence electrons. The molecular weight excluding hydrogens is 295 g/mol. The van der Waals surface area contributed by atoms with Crippen molar-refractivity contribution in [2.45, 2.75) is 4.90 Å². The van der Waals surface area contributed by atoms with Gasteiger partial charge in [0.2, 0.25) is 5.91 Å². The van der Waals surface area contributed by atoms with Gasteiger partial charge in [-0.15, -0.1) is 11.8 Å². The minimum Gasteiger partial charge on any atom is -0.336 e. The molecule has 1 aliphatic rings. The van der Waals surface area contributed by atoms with Crippen LogP contribution < -0.4 is 5.32 Å². The van der Waals surface area contributed by atoms with Gasteiger partial charge in [-0.25, -0.2) is 4.79 Å². The predicted octanol–water partition coefficient (Wildman–Crippen LogP) is 2.64. The van der Waals surface area contributed by atoms with Crippen LogP contribution in [0.2, 0.25) is 10.0 Å². The van der Waals surface area contributed by atoms with Crippen molar-refractivity contribution in [1.82, 2.24) is 10.2 Å². The molecule has 1 N–H and O–H groups in total. The number of nitrogens with one attached hydrogen (secondary N) is 1. The van der Waals surface area contributed by atoms with Crippen LogP contribution in [0, 0.1) is 0 Å². The van der Waals surface area contributed by atoms with Crippen LogP contribution in [0.4, 0.5) is 4.79 Å². The Kier molecular flexibility index (Phi) is 4.37. The quantitative estimate of drug-likeness (QED) is 0.873. The second kappa shape index (κ2) is 5.82. The van der Waals surface area contributed by atoms with E-state index in [-0.39, 0.29) is 17.7 Å². The summed E-state index contributed by atoms with van der Waals surface area (Å²) in [6, 6.07) is 4.73. The van der Waals surface area contributed by atoms with Gasteiger partial charge >= 0.3 is 6.03 Å². The van der Waals surface area contributed by atoms with Crippen LogP contribution in [0.1, 0.15) is 0 Å². The molecule has 0 aliphatic carbocycles. The molecule has 2 rings (SSSR count). The summed E-state index contributed by atoms with van der Waals surface area (Å²) in [5.74, 6) is -0.0703. The summed E-state index contributed by atoms with van der Waals surface area (Å²) in [5.41, 5.74) is 0. The molecule has 7 heteroatoms.